The molecule has 3 N–H and O–H groups in total. The lowest BCUT2D eigenvalue weighted by Gasteiger charge is -2.34. The number of anilines is 1. The summed E-state index contributed by atoms with van der Waals surface area (Å²) in [7, 11) is 0. The molecule has 2 heterocycles. The lowest BCUT2D eigenvalue weighted by Crippen LogP contribution is -2.53. The molecule has 2 aromatic carbocycles. The molecule has 0 fully saturated rings. The zero-order chi connectivity index (χ0) is 26.6. The van der Waals surface area contributed by atoms with Gasteiger partial charge < -0.3 is 20.7 Å². The molecule has 3 aromatic rings. The Morgan fingerprint density at radius 2 is 1.79 bits per heavy atom. The lowest BCUT2D eigenvalue weighted by molar-refractivity contribution is -0.274. The Kier molecular flexibility index (Phi) is 11.1. The molecule has 39 heavy (non-hydrogen) atoms. The molecular weight excluding hydrogens is 563 g/mol. The first-order valence-electron chi connectivity index (χ1n) is 11.5. The van der Waals surface area contributed by atoms with Gasteiger partial charge in [-0.25, -0.2) is 4.39 Å². The van der Waals surface area contributed by atoms with Crippen molar-refractivity contribution < 1.29 is 31.9 Å². The molecule has 0 saturated heterocycles. The Morgan fingerprint density at radius 1 is 1.10 bits per heavy atom. The normalized spacial score (nSPS) is 15.4. The highest BCUT2D eigenvalue weighted by molar-refractivity contribution is 6.01. The van der Waals surface area contributed by atoms with E-state index in [-0.39, 0.29) is 56.4 Å². The van der Waals surface area contributed by atoms with Gasteiger partial charge in [0.1, 0.15) is 17.6 Å². The minimum atomic E-state index is -4.81. The molecule has 7 nitrogen and oxygen atoms in total. The molecule has 2 amide bonds. The number of ether oxygens (including phenoxy) is 1. The molecule has 1 unspecified atom stereocenters. The second kappa shape index (κ2) is 13.6. The second-order valence-electron chi connectivity index (χ2n) is 8.67. The first-order valence-corrected chi connectivity index (χ1v) is 11.5. The molecule has 4 rings (SSSR count). The van der Waals surface area contributed by atoms with E-state index in [9.17, 15) is 27.2 Å². The van der Waals surface area contributed by atoms with Gasteiger partial charge in [-0.1, -0.05) is 30.3 Å². The molecule has 1 aliphatic heterocycles. The van der Waals surface area contributed by atoms with Crippen LogP contribution in [0.15, 0.2) is 66.9 Å². The van der Waals surface area contributed by atoms with Crippen molar-refractivity contribution >= 4 is 42.3 Å². The Labute approximate surface area is 234 Å². The molecule has 0 spiro atoms. The largest absolute Gasteiger partial charge is 0.573 e. The fourth-order valence-electron chi connectivity index (χ4n) is 4.18. The summed E-state index contributed by atoms with van der Waals surface area (Å²) in [5.74, 6) is -1.64. The number of rotatable bonds is 8. The fraction of sp³-hybridized carbons (Fsp3) is 0.269. The minimum absolute atomic E-state index is 0. The maximum absolute atomic E-state index is 13.9. The van der Waals surface area contributed by atoms with Crippen LogP contribution >= 0.6 is 24.8 Å². The number of carbonyl (C=O) groups is 2. The van der Waals surface area contributed by atoms with Crippen LogP contribution in [0, 0.1) is 5.82 Å². The number of fused-ring (bicyclic) bond motifs is 1. The summed E-state index contributed by atoms with van der Waals surface area (Å²) in [5.41, 5.74) is 8.13. The van der Waals surface area contributed by atoms with Crippen molar-refractivity contribution in [2.24, 2.45) is 5.73 Å². The number of hydrogen-bond acceptors (Lipinski definition) is 5. The van der Waals surface area contributed by atoms with E-state index >= 15 is 0 Å². The SMILES string of the molecule is Cl.Cl.N[C@@H](CC(=O)NC1Cc2ncccc2N(Cc2ccc(OC(F)(F)F)cc2)C1=O)Cc1ccccc1F. The fourth-order valence-corrected chi connectivity index (χ4v) is 4.18. The van der Waals surface area contributed by atoms with E-state index in [2.05, 4.69) is 15.0 Å². The van der Waals surface area contributed by atoms with Gasteiger partial charge in [-0.3, -0.25) is 14.6 Å². The van der Waals surface area contributed by atoms with Crippen LogP contribution in [0.3, 0.4) is 0 Å². The first kappa shape index (κ1) is 31.8. The van der Waals surface area contributed by atoms with Crippen LogP contribution in [0.1, 0.15) is 23.2 Å². The Morgan fingerprint density at radius 3 is 2.46 bits per heavy atom. The van der Waals surface area contributed by atoms with Crippen molar-refractivity contribution in [2.75, 3.05) is 4.90 Å². The number of aromatic nitrogens is 1. The zero-order valence-electron chi connectivity index (χ0n) is 20.4. The number of amides is 2. The van der Waals surface area contributed by atoms with Gasteiger partial charge >= 0.3 is 6.36 Å². The first-order chi connectivity index (χ1) is 17.6. The number of alkyl halides is 3. The van der Waals surface area contributed by atoms with Crippen molar-refractivity contribution in [1.82, 2.24) is 10.3 Å². The topological polar surface area (TPSA) is 97.6 Å². The van der Waals surface area contributed by atoms with Gasteiger partial charge in [0.25, 0.3) is 0 Å². The zero-order valence-corrected chi connectivity index (χ0v) is 22.0. The Hall–Kier alpha value is -3.41. The van der Waals surface area contributed by atoms with E-state index in [1.54, 1.807) is 36.5 Å². The number of nitrogens with two attached hydrogens (primary N) is 1. The maximum Gasteiger partial charge on any atom is 0.573 e. The Balaban J connectivity index is 0.00000267. The van der Waals surface area contributed by atoms with Crippen molar-refractivity contribution in [1.29, 1.82) is 0 Å². The number of nitrogens with zero attached hydrogens (tertiary/aromatic N) is 2. The van der Waals surface area contributed by atoms with Crippen LogP contribution < -0.4 is 20.7 Å². The van der Waals surface area contributed by atoms with Crippen molar-refractivity contribution in [2.45, 2.75) is 44.3 Å². The van der Waals surface area contributed by atoms with E-state index in [1.807, 2.05) is 0 Å². The summed E-state index contributed by atoms with van der Waals surface area (Å²) < 4.78 is 55.1. The van der Waals surface area contributed by atoms with Crippen molar-refractivity contribution in [3.05, 3.63) is 89.5 Å². The van der Waals surface area contributed by atoms with Crippen LogP contribution in [0.2, 0.25) is 0 Å². The molecule has 1 aromatic heterocycles. The van der Waals surface area contributed by atoms with E-state index in [4.69, 9.17) is 5.73 Å². The summed E-state index contributed by atoms with van der Waals surface area (Å²) in [5, 5.41) is 2.70. The van der Waals surface area contributed by atoms with Crippen LogP contribution in [-0.2, 0) is 29.0 Å². The summed E-state index contributed by atoms with van der Waals surface area (Å²) in [6.07, 6.45) is -3.03. The maximum atomic E-state index is 13.9. The Bertz CT molecular complexity index is 1280. The second-order valence-corrected chi connectivity index (χ2v) is 8.67. The molecule has 0 bridgehead atoms. The van der Waals surface area contributed by atoms with Gasteiger partial charge in [-0.2, -0.15) is 0 Å². The van der Waals surface area contributed by atoms with Gasteiger partial charge in [-0.05, 0) is 47.9 Å². The standard InChI is InChI=1S/C26H24F4N4O3.2ClH/c27-20-5-2-1-4-17(20)12-18(31)13-24(35)33-22-14-21-23(6-3-11-32-21)34(25(22)36)15-16-7-9-19(10-8-16)37-26(28,29)30;;/h1-11,18,22H,12-15,31H2,(H,33,35);2*1H/t18-,22?;;/m1../s1. The summed E-state index contributed by atoms with van der Waals surface area (Å²) in [4.78, 5) is 31.8. The number of nitrogens with one attached hydrogen (secondary N) is 1. The van der Waals surface area contributed by atoms with Crippen LogP contribution in [0.4, 0.5) is 23.2 Å². The quantitative estimate of drug-likeness (QED) is 0.378. The molecule has 0 aliphatic carbocycles. The number of benzene rings is 2. The molecule has 0 saturated carbocycles. The van der Waals surface area contributed by atoms with E-state index < -0.39 is 36.1 Å². The number of hydrogen-bond donors (Lipinski definition) is 2. The highest BCUT2D eigenvalue weighted by Crippen LogP contribution is 2.29. The average Bonchev–Trinajstić information content (AvgIpc) is 2.83. The predicted octanol–water partition coefficient (Wildman–Crippen LogP) is 4.50. The number of carbonyl (C=O) groups excluding carboxylic acids is 2. The monoisotopic (exact) mass is 588 g/mol. The molecular formula is C26H26Cl2F4N4O3. The van der Waals surface area contributed by atoms with Gasteiger partial charge in [0.15, 0.2) is 0 Å². The van der Waals surface area contributed by atoms with E-state index in [0.717, 1.165) is 12.1 Å². The van der Waals surface area contributed by atoms with Gasteiger partial charge in [0.05, 0.1) is 17.9 Å². The van der Waals surface area contributed by atoms with Gasteiger partial charge in [0.2, 0.25) is 11.8 Å². The molecule has 210 valence electrons. The minimum Gasteiger partial charge on any atom is -0.406 e. The third kappa shape index (κ3) is 8.54. The van der Waals surface area contributed by atoms with E-state index in [0.29, 0.717) is 22.5 Å². The van der Waals surface area contributed by atoms with E-state index in [1.165, 1.54) is 23.1 Å². The summed E-state index contributed by atoms with van der Waals surface area (Å²) in [6.45, 7) is 0.0446. The molecule has 2 atom stereocenters. The van der Waals surface area contributed by atoms with Gasteiger partial charge in [-0.15, -0.1) is 38.0 Å². The summed E-state index contributed by atoms with van der Waals surface area (Å²) >= 11 is 0. The highest BCUT2D eigenvalue weighted by Gasteiger charge is 2.35. The highest BCUT2D eigenvalue weighted by atomic mass is 35.5. The van der Waals surface area contributed by atoms with Crippen molar-refractivity contribution in [3.8, 4) is 5.75 Å². The number of halogens is 6. The van der Waals surface area contributed by atoms with Crippen LogP contribution in [0.25, 0.3) is 0 Å². The van der Waals surface area contributed by atoms with Crippen LogP contribution in [0.5, 0.6) is 5.75 Å². The predicted molar refractivity (Wildman–Crippen MR) is 141 cm³/mol. The van der Waals surface area contributed by atoms with Crippen LogP contribution in [-0.4, -0.2) is 35.2 Å². The smallest absolute Gasteiger partial charge is 0.406 e. The molecule has 0 radical (unpaired) electrons. The van der Waals surface area contributed by atoms with Crippen molar-refractivity contribution in [3.63, 3.8) is 0 Å². The molecule has 1 aliphatic rings. The van der Waals surface area contributed by atoms with Gasteiger partial charge in [0, 0.05) is 25.1 Å². The third-order valence-electron chi connectivity index (χ3n) is 5.84. The number of pyridine rings is 1. The third-order valence-corrected chi connectivity index (χ3v) is 5.84. The lowest BCUT2D eigenvalue weighted by atomic mass is 9.99. The summed E-state index contributed by atoms with van der Waals surface area (Å²) in [6, 6.07) is 13.1. The average molecular weight is 589 g/mol. The molecule has 13 heteroatoms.